The van der Waals surface area contributed by atoms with Crippen LogP contribution in [0.25, 0.3) is 0 Å². The average Bonchev–Trinajstić information content (AvgIpc) is 2.47. The topological polar surface area (TPSA) is 41.1 Å². The van der Waals surface area contributed by atoms with E-state index in [1.165, 1.54) is 19.3 Å². The Labute approximate surface area is 144 Å². The minimum atomic E-state index is 0.396. The Kier molecular flexibility index (Phi) is 10.5. The summed E-state index contributed by atoms with van der Waals surface area (Å²) in [6.07, 6.45) is 12.1. The fourth-order valence-electron chi connectivity index (χ4n) is 3.46. The zero-order valence-electron chi connectivity index (χ0n) is 16.5. The molecule has 0 aromatic heterocycles. The molecule has 0 saturated heterocycles. The highest BCUT2D eigenvalue weighted by molar-refractivity contribution is 5.46. The van der Waals surface area contributed by atoms with Crippen molar-refractivity contribution in [3.05, 3.63) is 12.2 Å². The highest BCUT2D eigenvalue weighted by Crippen LogP contribution is 2.38. The summed E-state index contributed by atoms with van der Waals surface area (Å²) in [5.41, 5.74) is 0.929. The molecule has 23 heavy (non-hydrogen) atoms. The number of allylic oxidation sites excluding steroid dienone is 1. The van der Waals surface area contributed by atoms with Crippen molar-refractivity contribution in [1.29, 1.82) is 0 Å². The van der Waals surface area contributed by atoms with Crippen LogP contribution in [-0.2, 0) is 4.79 Å². The zero-order chi connectivity index (χ0) is 17.9. The van der Waals surface area contributed by atoms with E-state index in [-0.39, 0.29) is 0 Å². The summed E-state index contributed by atoms with van der Waals surface area (Å²) in [5.74, 6) is 0. The fraction of sp³-hybridized carbons (Fsp3) is 0.850. The smallest absolute Gasteiger partial charge is 0.207 e. The normalized spacial score (nSPS) is 19.5. The molecule has 0 aromatic carbocycles. The summed E-state index contributed by atoms with van der Waals surface area (Å²) in [7, 11) is 2.05. The SMILES string of the molecule is CCC(C)(C)CC(C)(C)CC(C)NC.O=CNC1CC=CCC1. The highest BCUT2D eigenvalue weighted by atomic mass is 16.1. The third-order valence-electron chi connectivity index (χ3n) is 4.84. The molecule has 0 fully saturated rings. The van der Waals surface area contributed by atoms with Crippen LogP contribution in [0.1, 0.15) is 80.1 Å². The van der Waals surface area contributed by atoms with Crippen molar-refractivity contribution in [3.63, 3.8) is 0 Å². The third-order valence-corrected chi connectivity index (χ3v) is 4.84. The van der Waals surface area contributed by atoms with Crippen LogP contribution in [0.4, 0.5) is 0 Å². The largest absolute Gasteiger partial charge is 0.356 e. The van der Waals surface area contributed by atoms with E-state index >= 15 is 0 Å². The molecule has 2 unspecified atom stereocenters. The molecule has 3 nitrogen and oxygen atoms in total. The van der Waals surface area contributed by atoms with Crippen LogP contribution in [0.3, 0.4) is 0 Å². The van der Waals surface area contributed by atoms with Crippen LogP contribution < -0.4 is 10.6 Å². The molecule has 1 amide bonds. The van der Waals surface area contributed by atoms with Gasteiger partial charge in [0.1, 0.15) is 0 Å². The molecule has 0 spiro atoms. The van der Waals surface area contributed by atoms with E-state index in [0.29, 0.717) is 22.9 Å². The number of nitrogens with one attached hydrogen (secondary N) is 2. The second-order valence-electron chi connectivity index (χ2n) is 8.52. The van der Waals surface area contributed by atoms with Crippen LogP contribution in [-0.4, -0.2) is 25.5 Å². The Morgan fingerprint density at radius 1 is 1.22 bits per heavy atom. The van der Waals surface area contributed by atoms with Gasteiger partial charge in [0, 0.05) is 12.1 Å². The van der Waals surface area contributed by atoms with E-state index < -0.39 is 0 Å². The van der Waals surface area contributed by atoms with Crippen molar-refractivity contribution in [2.45, 2.75) is 92.2 Å². The van der Waals surface area contributed by atoms with Crippen LogP contribution in [0.2, 0.25) is 0 Å². The Bertz CT molecular complexity index is 348. The number of carbonyl (C=O) groups is 1. The van der Waals surface area contributed by atoms with Gasteiger partial charge in [-0.15, -0.1) is 0 Å². The lowest BCUT2D eigenvalue weighted by Gasteiger charge is -2.36. The zero-order valence-corrected chi connectivity index (χ0v) is 16.5. The molecule has 136 valence electrons. The molecule has 0 radical (unpaired) electrons. The summed E-state index contributed by atoms with van der Waals surface area (Å²) in [5, 5.41) is 6.08. The molecule has 1 rings (SSSR count). The monoisotopic (exact) mass is 324 g/mol. The number of hydrogen-bond donors (Lipinski definition) is 2. The molecule has 0 saturated carbocycles. The molecule has 1 aliphatic rings. The lowest BCUT2D eigenvalue weighted by molar-refractivity contribution is -0.110. The summed E-state index contributed by atoms with van der Waals surface area (Å²) < 4.78 is 0. The second kappa shape index (κ2) is 10.9. The van der Waals surface area contributed by atoms with Gasteiger partial charge in [0.05, 0.1) is 0 Å². The first-order valence-corrected chi connectivity index (χ1v) is 9.17. The summed E-state index contributed by atoms with van der Waals surface area (Å²) >= 11 is 0. The lowest BCUT2D eigenvalue weighted by atomic mass is 9.71. The molecule has 0 aliphatic heterocycles. The van der Waals surface area contributed by atoms with E-state index in [4.69, 9.17) is 0 Å². The maximum absolute atomic E-state index is 9.94. The first-order chi connectivity index (χ1) is 10.7. The van der Waals surface area contributed by atoms with E-state index in [1.807, 2.05) is 7.05 Å². The second-order valence-corrected chi connectivity index (χ2v) is 8.52. The Morgan fingerprint density at radius 3 is 2.30 bits per heavy atom. The van der Waals surface area contributed by atoms with Crippen LogP contribution in [0.5, 0.6) is 0 Å². The molecule has 3 heteroatoms. The van der Waals surface area contributed by atoms with Gasteiger partial charge in [-0.3, -0.25) is 4.79 Å². The molecule has 1 aliphatic carbocycles. The first kappa shape index (κ1) is 22.2. The summed E-state index contributed by atoms with van der Waals surface area (Å²) in [6, 6.07) is 1.02. The van der Waals surface area contributed by atoms with Crippen LogP contribution >= 0.6 is 0 Å². The summed E-state index contributed by atoms with van der Waals surface area (Å²) in [4.78, 5) is 9.94. The van der Waals surface area contributed by atoms with E-state index in [9.17, 15) is 4.79 Å². The highest BCUT2D eigenvalue weighted by Gasteiger charge is 2.28. The minimum absolute atomic E-state index is 0.396. The Hall–Kier alpha value is -0.830. The van der Waals surface area contributed by atoms with Gasteiger partial charge in [-0.1, -0.05) is 53.2 Å². The first-order valence-electron chi connectivity index (χ1n) is 9.17. The molecule has 2 N–H and O–H groups in total. The predicted octanol–water partition coefficient (Wildman–Crippen LogP) is 4.68. The Morgan fingerprint density at radius 2 is 1.87 bits per heavy atom. The third kappa shape index (κ3) is 11.4. The maximum Gasteiger partial charge on any atom is 0.207 e. The van der Waals surface area contributed by atoms with Gasteiger partial charge in [0.2, 0.25) is 6.41 Å². The van der Waals surface area contributed by atoms with Crippen molar-refractivity contribution in [3.8, 4) is 0 Å². The molecule has 0 heterocycles. The van der Waals surface area contributed by atoms with Crippen molar-refractivity contribution < 1.29 is 4.79 Å². The van der Waals surface area contributed by atoms with Gasteiger partial charge in [-0.25, -0.2) is 0 Å². The standard InChI is InChI=1S/C13H29N.C7H11NO/c1-8-12(3,4)10-13(5,6)9-11(2)14-7;9-6-8-7-4-2-1-3-5-7/h11,14H,8-10H2,1-7H3;1-2,6-7H,3-5H2,(H,8,9). The average molecular weight is 325 g/mol. The van der Waals surface area contributed by atoms with Crippen LogP contribution in [0.15, 0.2) is 12.2 Å². The number of carbonyl (C=O) groups excluding carboxylic acids is 1. The van der Waals surface area contributed by atoms with Gasteiger partial charge in [-0.05, 0) is 56.9 Å². The van der Waals surface area contributed by atoms with Crippen molar-refractivity contribution in [2.24, 2.45) is 10.8 Å². The molecule has 2 atom stereocenters. The van der Waals surface area contributed by atoms with Gasteiger partial charge in [-0.2, -0.15) is 0 Å². The van der Waals surface area contributed by atoms with Crippen molar-refractivity contribution in [2.75, 3.05) is 7.05 Å². The van der Waals surface area contributed by atoms with Gasteiger partial charge >= 0.3 is 0 Å². The summed E-state index contributed by atoms with van der Waals surface area (Å²) in [6.45, 7) is 14.1. The number of amides is 1. The molecular weight excluding hydrogens is 284 g/mol. The van der Waals surface area contributed by atoms with E-state index in [2.05, 4.69) is 64.3 Å². The minimum Gasteiger partial charge on any atom is -0.356 e. The predicted molar refractivity (Wildman–Crippen MR) is 102 cm³/mol. The Balaban J connectivity index is 0.000000459. The van der Waals surface area contributed by atoms with Crippen molar-refractivity contribution in [1.82, 2.24) is 10.6 Å². The van der Waals surface area contributed by atoms with Gasteiger partial charge in [0.15, 0.2) is 0 Å². The van der Waals surface area contributed by atoms with Crippen molar-refractivity contribution >= 4 is 6.41 Å². The quantitative estimate of drug-likeness (QED) is 0.503. The van der Waals surface area contributed by atoms with E-state index in [1.54, 1.807) is 0 Å². The van der Waals surface area contributed by atoms with Gasteiger partial charge in [0.25, 0.3) is 0 Å². The lowest BCUT2D eigenvalue weighted by Crippen LogP contribution is -2.31. The number of hydrogen-bond acceptors (Lipinski definition) is 2. The molecule has 0 aromatic rings. The van der Waals surface area contributed by atoms with Crippen LogP contribution in [0, 0.1) is 10.8 Å². The fourth-order valence-corrected chi connectivity index (χ4v) is 3.46. The van der Waals surface area contributed by atoms with E-state index in [0.717, 1.165) is 25.7 Å². The molecule has 0 bridgehead atoms. The molecular formula is C20H40N2O. The number of rotatable bonds is 8. The maximum atomic E-state index is 9.94. The van der Waals surface area contributed by atoms with Gasteiger partial charge < -0.3 is 10.6 Å².